The molecule has 0 spiro atoms. The van der Waals surface area contributed by atoms with E-state index in [2.05, 4.69) is 58.8 Å². The van der Waals surface area contributed by atoms with Crippen molar-refractivity contribution in [3.8, 4) is 11.5 Å². The second-order valence-electron chi connectivity index (χ2n) is 9.61. The molecule has 5 rings (SSSR count). The Labute approximate surface area is 224 Å². The molecule has 1 saturated heterocycles. The molecule has 0 radical (unpaired) electrons. The molecule has 2 atom stereocenters. The third kappa shape index (κ3) is 6.90. The minimum Gasteiger partial charge on any atom is -0.496 e. The number of nitrogens with one attached hydrogen (secondary N) is 1. The summed E-state index contributed by atoms with van der Waals surface area (Å²) in [6.07, 6.45) is 3.83. The van der Waals surface area contributed by atoms with Crippen molar-refractivity contribution < 1.29 is 18.9 Å². The van der Waals surface area contributed by atoms with Gasteiger partial charge in [0.1, 0.15) is 11.5 Å². The van der Waals surface area contributed by atoms with Gasteiger partial charge < -0.3 is 24.3 Å². The van der Waals surface area contributed by atoms with Crippen molar-refractivity contribution in [3.63, 3.8) is 0 Å². The van der Waals surface area contributed by atoms with E-state index in [-0.39, 0.29) is 6.10 Å². The minimum atomic E-state index is 0.121. The summed E-state index contributed by atoms with van der Waals surface area (Å²) >= 11 is 0. The molecule has 6 nitrogen and oxygen atoms in total. The first-order chi connectivity index (χ1) is 18.8. The number of nitrogens with zero attached hydrogens (tertiary/aromatic N) is 1. The maximum Gasteiger partial charge on any atom is 0.124 e. The van der Waals surface area contributed by atoms with Gasteiger partial charge in [-0.05, 0) is 54.4 Å². The number of hydrogen-bond donors (Lipinski definition) is 1. The number of rotatable bonds is 12. The molecule has 198 valence electrons. The van der Waals surface area contributed by atoms with Crippen LogP contribution >= 0.6 is 0 Å². The summed E-state index contributed by atoms with van der Waals surface area (Å²) in [5, 5.41) is 4.64. The van der Waals surface area contributed by atoms with E-state index in [1.165, 1.54) is 5.56 Å². The van der Waals surface area contributed by atoms with Gasteiger partial charge in [-0.15, -0.1) is 0 Å². The van der Waals surface area contributed by atoms with Crippen molar-refractivity contribution in [1.82, 2.24) is 10.3 Å². The fraction of sp³-hybridized carbons (Fsp3) is 0.344. The number of benzene rings is 3. The number of ether oxygens (including phenoxy) is 4. The molecular weight excluding hydrogens is 476 g/mol. The lowest BCUT2D eigenvalue weighted by atomic mass is 9.87. The number of hydrogen-bond acceptors (Lipinski definition) is 6. The summed E-state index contributed by atoms with van der Waals surface area (Å²) < 4.78 is 23.6. The highest BCUT2D eigenvalue weighted by Crippen LogP contribution is 2.30. The van der Waals surface area contributed by atoms with Crippen LogP contribution in [0.3, 0.4) is 0 Å². The highest BCUT2D eigenvalue weighted by molar-refractivity contribution is 5.78. The van der Waals surface area contributed by atoms with Crippen molar-refractivity contribution in [3.05, 3.63) is 102 Å². The lowest BCUT2D eigenvalue weighted by Gasteiger charge is -2.32. The van der Waals surface area contributed by atoms with Gasteiger partial charge >= 0.3 is 0 Å². The number of fused-ring (bicyclic) bond motifs is 1. The largest absolute Gasteiger partial charge is 0.496 e. The molecule has 0 aliphatic carbocycles. The standard InChI is InChI=1S/C32H36N2O4/c1-35-31-8-3-2-6-27(31)23-36-18-5-19-37-28-13-11-25(12-14-28)29-15-17-33-21-32(29)38-22-24-9-10-26-7-4-16-34-30(26)20-24/h2-4,6-14,16,20,29,32-33H,5,15,17-19,21-23H2,1H3. The molecule has 1 aliphatic rings. The third-order valence-corrected chi connectivity index (χ3v) is 7.02. The summed E-state index contributed by atoms with van der Waals surface area (Å²) in [7, 11) is 1.68. The normalized spacial score (nSPS) is 17.4. The van der Waals surface area contributed by atoms with E-state index in [1.807, 2.05) is 36.5 Å². The number of methoxy groups -OCH3 is 1. The number of aromatic nitrogens is 1. The molecule has 38 heavy (non-hydrogen) atoms. The average molecular weight is 513 g/mol. The number of pyridine rings is 1. The zero-order chi connectivity index (χ0) is 26.0. The fourth-order valence-corrected chi connectivity index (χ4v) is 4.96. The second kappa shape index (κ2) is 13.4. The molecule has 1 aliphatic heterocycles. The average Bonchev–Trinajstić information content (AvgIpc) is 2.98. The van der Waals surface area contributed by atoms with Crippen molar-refractivity contribution in [2.45, 2.75) is 38.1 Å². The zero-order valence-corrected chi connectivity index (χ0v) is 22.0. The molecule has 0 saturated carbocycles. The molecule has 3 aromatic carbocycles. The zero-order valence-electron chi connectivity index (χ0n) is 22.0. The van der Waals surface area contributed by atoms with Crippen molar-refractivity contribution in [1.29, 1.82) is 0 Å². The van der Waals surface area contributed by atoms with Crippen LogP contribution in [0.4, 0.5) is 0 Å². The fourth-order valence-electron chi connectivity index (χ4n) is 4.96. The third-order valence-electron chi connectivity index (χ3n) is 7.02. The van der Waals surface area contributed by atoms with Gasteiger partial charge in [-0.25, -0.2) is 0 Å². The van der Waals surface area contributed by atoms with Gasteiger partial charge in [-0.1, -0.05) is 48.5 Å². The van der Waals surface area contributed by atoms with Gasteiger partial charge in [0.25, 0.3) is 0 Å². The smallest absolute Gasteiger partial charge is 0.124 e. The van der Waals surface area contributed by atoms with Crippen LogP contribution in [0.25, 0.3) is 10.9 Å². The maximum atomic E-state index is 6.42. The van der Waals surface area contributed by atoms with Gasteiger partial charge in [0.15, 0.2) is 0 Å². The Morgan fingerprint density at radius 1 is 0.921 bits per heavy atom. The van der Waals surface area contributed by atoms with Crippen LogP contribution in [0.5, 0.6) is 11.5 Å². The maximum absolute atomic E-state index is 6.42. The molecule has 1 aromatic heterocycles. The number of para-hydroxylation sites is 1. The summed E-state index contributed by atoms with van der Waals surface area (Å²) in [6.45, 7) is 4.22. The molecule has 0 amide bonds. The first kappa shape index (κ1) is 26.2. The summed E-state index contributed by atoms with van der Waals surface area (Å²) in [5.74, 6) is 2.09. The van der Waals surface area contributed by atoms with E-state index in [0.717, 1.165) is 59.5 Å². The van der Waals surface area contributed by atoms with Gasteiger partial charge in [0.2, 0.25) is 0 Å². The first-order valence-corrected chi connectivity index (χ1v) is 13.4. The summed E-state index contributed by atoms with van der Waals surface area (Å²) in [6, 6.07) is 26.8. The van der Waals surface area contributed by atoms with E-state index in [0.29, 0.717) is 32.3 Å². The Bertz CT molecular complexity index is 1290. The Hall–Kier alpha value is -3.45. The monoisotopic (exact) mass is 512 g/mol. The Kier molecular flexibility index (Phi) is 9.21. The second-order valence-corrected chi connectivity index (χ2v) is 9.61. The van der Waals surface area contributed by atoms with Gasteiger partial charge in [-0.2, -0.15) is 0 Å². The van der Waals surface area contributed by atoms with Gasteiger partial charge in [0.05, 0.1) is 45.2 Å². The number of piperidine rings is 1. The highest BCUT2D eigenvalue weighted by atomic mass is 16.5. The van der Waals surface area contributed by atoms with Crippen molar-refractivity contribution in [2.24, 2.45) is 0 Å². The molecule has 1 fully saturated rings. The lowest BCUT2D eigenvalue weighted by molar-refractivity contribution is 0.0106. The van der Waals surface area contributed by atoms with E-state index in [1.54, 1.807) is 7.11 Å². The quantitative estimate of drug-likeness (QED) is 0.239. The van der Waals surface area contributed by atoms with E-state index in [9.17, 15) is 0 Å². The SMILES string of the molecule is COc1ccccc1COCCCOc1ccc(C2CCNCC2OCc2ccc3cccnc3c2)cc1. The molecule has 4 aromatic rings. The van der Waals surface area contributed by atoms with E-state index in [4.69, 9.17) is 18.9 Å². The van der Waals surface area contributed by atoms with Gasteiger partial charge in [-0.3, -0.25) is 4.98 Å². The first-order valence-electron chi connectivity index (χ1n) is 13.4. The predicted molar refractivity (Wildman–Crippen MR) is 150 cm³/mol. The van der Waals surface area contributed by atoms with Gasteiger partial charge in [0, 0.05) is 36.0 Å². The van der Waals surface area contributed by atoms with Crippen LogP contribution in [0.2, 0.25) is 0 Å². The van der Waals surface area contributed by atoms with Crippen LogP contribution in [-0.2, 0) is 22.7 Å². The van der Waals surface area contributed by atoms with E-state index >= 15 is 0 Å². The molecular formula is C32H36N2O4. The van der Waals surface area contributed by atoms with Crippen LogP contribution in [0.1, 0.15) is 35.4 Å². The topological polar surface area (TPSA) is 61.8 Å². The summed E-state index contributed by atoms with van der Waals surface area (Å²) in [5.41, 5.74) is 4.51. The van der Waals surface area contributed by atoms with Crippen LogP contribution in [0.15, 0.2) is 85.1 Å². The molecule has 6 heteroatoms. The Morgan fingerprint density at radius 3 is 2.71 bits per heavy atom. The van der Waals surface area contributed by atoms with Crippen LogP contribution in [0, 0.1) is 0 Å². The molecule has 0 bridgehead atoms. The Morgan fingerprint density at radius 2 is 1.82 bits per heavy atom. The van der Waals surface area contributed by atoms with Crippen LogP contribution < -0.4 is 14.8 Å². The molecule has 2 heterocycles. The van der Waals surface area contributed by atoms with Crippen molar-refractivity contribution in [2.75, 3.05) is 33.4 Å². The minimum absolute atomic E-state index is 0.121. The van der Waals surface area contributed by atoms with Crippen molar-refractivity contribution >= 4 is 10.9 Å². The predicted octanol–water partition coefficient (Wildman–Crippen LogP) is 5.89. The van der Waals surface area contributed by atoms with E-state index < -0.39 is 0 Å². The van der Waals surface area contributed by atoms with Crippen LogP contribution in [-0.4, -0.2) is 44.5 Å². The highest BCUT2D eigenvalue weighted by Gasteiger charge is 2.27. The summed E-state index contributed by atoms with van der Waals surface area (Å²) in [4.78, 5) is 4.47. The molecule has 2 unspecified atom stereocenters. The lowest BCUT2D eigenvalue weighted by Crippen LogP contribution is -2.40. The molecule has 1 N–H and O–H groups in total. The Balaban J connectivity index is 1.08.